The van der Waals surface area contributed by atoms with Crippen LogP contribution in [0.1, 0.15) is 31.9 Å². The monoisotopic (exact) mass is 793 g/mol. The van der Waals surface area contributed by atoms with Gasteiger partial charge in [0.1, 0.15) is 5.03 Å². The van der Waals surface area contributed by atoms with Crippen LogP contribution < -0.4 is 0 Å². The molecular weight excluding hydrogens is 763 g/mol. The van der Waals surface area contributed by atoms with E-state index in [1.165, 1.54) is 65.3 Å². The second kappa shape index (κ2) is 28.4. The van der Waals surface area contributed by atoms with Crippen molar-refractivity contribution in [2.75, 3.05) is 13.2 Å². The van der Waals surface area contributed by atoms with Crippen molar-refractivity contribution < 1.29 is 10.2 Å². The lowest BCUT2D eigenvalue weighted by atomic mass is 10.2. The van der Waals surface area contributed by atoms with Gasteiger partial charge in [0.2, 0.25) is 0 Å². The Kier molecular flexibility index (Phi) is 29.0. The van der Waals surface area contributed by atoms with Gasteiger partial charge in [-0.25, -0.2) is 4.98 Å². The third-order valence-corrected chi connectivity index (χ3v) is 16.5. The number of hydrogen-bond donors (Lipinski definition) is 2. The van der Waals surface area contributed by atoms with Crippen LogP contribution in [0.15, 0.2) is 87.7 Å². The molecule has 0 aliphatic carbocycles. The molecule has 0 aliphatic heterocycles. The van der Waals surface area contributed by atoms with E-state index in [1.54, 1.807) is 38.6 Å². The smallest absolute Gasteiger partial charge is 0.107 e. The Morgan fingerprint density at radius 1 is 0.634 bits per heavy atom. The van der Waals surface area contributed by atoms with E-state index in [1.807, 2.05) is 53.3 Å². The van der Waals surface area contributed by atoms with Crippen LogP contribution in [0.25, 0.3) is 0 Å². The van der Waals surface area contributed by atoms with Crippen LogP contribution >= 0.6 is 43.2 Å². The normalized spacial score (nSPS) is 9.78. The first kappa shape index (κ1) is 41.9. The summed E-state index contributed by atoms with van der Waals surface area (Å²) in [4.78, 5) is 6.72. The number of benzene rings is 2. The Morgan fingerprint density at radius 2 is 1.12 bits per heavy atom. The zero-order chi connectivity index (χ0) is 30.8. The van der Waals surface area contributed by atoms with E-state index in [-0.39, 0.29) is 18.0 Å². The van der Waals surface area contributed by atoms with E-state index in [0.29, 0.717) is 6.42 Å². The van der Waals surface area contributed by atoms with Crippen LogP contribution in [0.2, 0.25) is 0 Å². The number of hydrogen-bond acceptors (Lipinski definition) is 11. The summed E-state index contributed by atoms with van der Waals surface area (Å²) in [5.74, 6) is 0. The Balaban J connectivity index is 0.000000608. The molecule has 0 saturated heterocycles. The van der Waals surface area contributed by atoms with Crippen molar-refractivity contribution in [1.29, 1.82) is 0 Å². The van der Waals surface area contributed by atoms with Crippen molar-refractivity contribution in [2.24, 2.45) is 0 Å². The molecule has 226 valence electrons. The zero-order valence-corrected chi connectivity index (χ0v) is 33.0. The van der Waals surface area contributed by atoms with Crippen molar-refractivity contribution in [1.82, 2.24) is 4.98 Å². The molecule has 0 radical (unpaired) electrons. The van der Waals surface area contributed by atoms with Gasteiger partial charge in [-0.2, -0.15) is 0 Å². The number of rotatable bonds is 9. The largest absolute Gasteiger partial charge is 0.396 e. The van der Waals surface area contributed by atoms with Crippen LogP contribution in [-0.2, 0) is 102 Å². The molecule has 0 amide bonds. The molecule has 2 N–H and O–H groups in total. The molecule has 0 unspecified atom stereocenters. The molecule has 1 aromatic heterocycles. The highest BCUT2D eigenvalue weighted by atomic mass is 33.3. The topological polar surface area (TPSA) is 53.4 Å². The standard InChI is InChI=1S/C13H13NOS2.C12H18OS2.S5.S4/c15-10-8-11-5-1-2-6-12(11)16-17-13-7-3-4-9-14-13;1-12(2,3)15-14-11-7-5-4-6-10(11)8-9-13;1-3-5-4-2;1-3-4-2/h1-7,9,15H,8,10H2;4-7,13H,8-9H2,1-3H3;;. The average Bonchev–Trinajstić information content (AvgIpc) is 2.98. The van der Waals surface area contributed by atoms with Crippen molar-refractivity contribution in [3.8, 4) is 0 Å². The summed E-state index contributed by atoms with van der Waals surface area (Å²) in [6.07, 6.45) is 3.24. The van der Waals surface area contributed by atoms with Gasteiger partial charge in [-0.05, 0) is 59.0 Å². The summed E-state index contributed by atoms with van der Waals surface area (Å²) >= 11 is 17.5. The molecule has 16 heteroatoms. The fraction of sp³-hybridized carbons (Fsp3) is 0.320. The van der Waals surface area contributed by atoms with E-state index in [2.05, 4.69) is 94.8 Å². The lowest BCUT2D eigenvalue weighted by Crippen LogP contribution is -2.04. The van der Waals surface area contributed by atoms with Crippen LogP contribution in [0, 0.1) is 0 Å². The summed E-state index contributed by atoms with van der Waals surface area (Å²) in [6, 6.07) is 22.3. The average molecular weight is 794 g/mol. The second-order valence-corrected chi connectivity index (χ2v) is 22.2. The number of nitrogens with zero attached hydrogens (tertiary/aromatic N) is 1. The van der Waals surface area contributed by atoms with Crippen LogP contribution in [0.4, 0.5) is 0 Å². The Bertz CT molecular complexity index is 1300. The van der Waals surface area contributed by atoms with Crippen LogP contribution in [0.3, 0.4) is 0 Å². The Hall–Kier alpha value is 0.890. The lowest BCUT2D eigenvalue weighted by molar-refractivity contribution is 0.298. The first-order chi connectivity index (χ1) is 19.8. The molecule has 0 aliphatic rings. The quantitative estimate of drug-likeness (QED) is 0.218. The molecule has 3 aromatic rings. The lowest BCUT2D eigenvalue weighted by Gasteiger charge is -2.17. The molecule has 1 heterocycles. The van der Waals surface area contributed by atoms with Crippen molar-refractivity contribution >= 4 is 132 Å². The fourth-order valence-corrected chi connectivity index (χ4v) is 9.63. The molecular formula is C25H31NO2S13. The Labute approximate surface area is 294 Å². The molecule has 0 saturated carbocycles. The van der Waals surface area contributed by atoms with Gasteiger partial charge in [-0.1, -0.05) is 95.6 Å². The van der Waals surface area contributed by atoms with E-state index in [0.717, 1.165) is 11.4 Å². The van der Waals surface area contributed by atoms with Crippen LogP contribution in [0.5, 0.6) is 0 Å². The fourth-order valence-electron chi connectivity index (χ4n) is 2.49. The van der Waals surface area contributed by atoms with E-state index in [4.69, 9.17) is 10.2 Å². The van der Waals surface area contributed by atoms with E-state index < -0.39 is 0 Å². The minimum atomic E-state index is 0.186. The molecule has 0 fully saturated rings. The molecule has 41 heavy (non-hydrogen) atoms. The maximum atomic E-state index is 9.00. The number of aliphatic hydroxyl groups excluding tert-OH is 2. The number of pyridine rings is 1. The molecule has 0 bridgehead atoms. The predicted octanol–water partition coefficient (Wildman–Crippen LogP) is 7.15. The summed E-state index contributed by atoms with van der Waals surface area (Å²) in [5, 5.41) is 19.0. The van der Waals surface area contributed by atoms with Gasteiger partial charge in [0.25, 0.3) is 0 Å². The highest BCUT2D eigenvalue weighted by molar-refractivity contribution is 8.77. The van der Waals surface area contributed by atoms with Gasteiger partial charge in [0.15, 0.2) is 0 Å². The maximum Gasteiger partial charge on any atom is 0.107 e. The number of aliphatic hydroxyl groups is 2. The first-order valence-electron chi connectivity index (χ1n) is 11.6. The molecule has 2 aromatic carbocycles. The van der Waals surface area contributed by atoms with Crippen molar-refractivity contribution in [3.05, 3.63) is 84.1 Å². The van der Waals surface area contributed by atoms with E-state index in [9.17, 15) is 0 Å². The van der Waals surface area contributed by atoms with Crippen molar-refractivity contribution in [2.45, 2.75) is 53.2 Å². The molecule has 0 spiro atoms. The maximum absolute atomic E-state index is 9.00. The zero-order valence-electron chi connectivity index (χ0n) is 22.4. The third-order valence-electron chi connectivity index (χ3n) is 4.03. The van der Waals surface area contributed by atoms with Crippen LogP contribution in [-0.4, -0.2) is 33.2 Å². The summed E-state index contributed by atoms with van der Waals surface area (Å²) in [7, 11) is 13.3. The summed E-state index contributed by atoms with van der Waals surface area (Å²) < 4.78 is 0.261. The van der Waals surface area contributed by atoms with Gasteiger partial charge in [-0.3, -0.25) is 0 Å². The SMILES string of the molecule is CC(C)(C)SSc1ccccc1CCO.OCCc1ccccc1SSc1ccccn1.S=S=S=S.S=S=S=S=S. The minimum absolute atomic E-state index is 0.186. The Morgan fingerprint density at radius 3 is 1.51 bits per heavy atom. The number of aromatic nitrogens is 1. The van der Waals surface area contributed by atoms with Gasteiger partial charge in [0.05, 0.1) is 0 Å². The summed E-state index contributed by atoms with van der Waals surface area (Å²) in [5.41, 5.74) is 2.42. The third kappa shape index (κ3) is 23.9. The molecule has 0 atom stereocenters. The predicted molar refractivity (Wildman–Crippen MR) is 210 cm³/mol. The van der Waals surface area contributed by atoms with Gasteiger partial charge < -0.3 is 10.2 Å². The molecule has 3 nitrogen and oxygen atoms in total. The minimum Gasteiger partial charge on any atom is -0.396 e. The highest BCUT2D eigenvalue weighted by Crippen LogP contribution is 2.41. The molecule has 3 rings (SSSR count). The van der Waals surface area contributed by atoms with Gasteiger partial charge in [0, 0.05) is 123 Å². The summed E-state index contributed by atoms with van der Waals surface area (Å²) in [6.45, 7) is 7.03. The van der Waals surface area contributed by atoms with E-state index >= 15 is 0 Å². The van der Waals surface area contributed by atoms with Gasteiger partial charge >= 0.3 is 0 Å². The first-order valence-corrected chi connectivity index (χ1v) is 25.2. The highest BCUT2D eigenvalue weighted by Gasteiger charge is 2.13. The van der Waals surface area contributed by atoms with Gasteiger partial charge in [-0.15, -0.1) is 0 Å². The second-order valence-electron chi connectivity index (χ2n) is 8.12. The van der Waals surface area contributed by atoms with Crippen molar-refractivity contribution in [3.63, 3.8) is 0 Å².